The molecule has 1 atom stereocenters. The first-order valence-corrected chi connectivity index (χ1v) is 5.61. The van der Waals surface area contributed by atoms with Crippen LogP contribution in [-0.2, 0) is 4.79 Å². The Morgan fingerprint density at radius 2 is 1.76 bits per heavy atom. The highest BCUT2D eigenvalue weighted by Gasteiger charge is 2.11. The Morgan fingerprint density at radius 1 is 1.24 bits per heavy atom. The van der Waals surface area contributed by atoms with Gasteiger partial charge in [-0.05, 0) is 27.9 Å². The first-order valence-electron chi connectivity index (χ1n) is 5.61. The molecule has 0 aromatic carbocycles. The summed E-state index contributed by atoms with van der Waals surface area (Å²) in [6, 6.07) is 0.525. The quantitative estimate of drug-likeness (QED) is 0.738. The van der Waals surface area contributed by atoms with E-state index in [0.29, 0.717) is 6.04 Å². The topological polar surface area (TPSA) is 44.4 Å². The fourth-order valence-corrected chi connectivity index (χ4v) is 1.19. The van der Waals surface area contributed by atoms with Crippen molar-refractivity contribution in [2.75, 3.05) is 33.7 Å². The summed E-state index contributed by atoms with van der Waals surface area (Å²) in [6.07, 6.45) is 0. The van der Waals surface area contributed by atoms with E-state index in [1.165, 1.54) is 0 Å². The van der Waals surface area contributed by atoms with Crippen LogP contribution in [0.1, 0.15) is 20.8 Å². The average Bonchev–Trinajstić information content (AvgIpc) is 2.17. The Labute approximate surface area is 118 Å². The second-order valence-electron chi connectivity index (χ2n) is 4.32. The predicted molar refractivity (Wildman–Crippen MR) is 78.4 cm³/mol. The zero-order chi connectivity index (χ0) is 11.8. The Bertz CT molecular complexity index is 192. The molecule has 0 aliphatic heterocycles. The van der Waals surface area contributed by atoms with E-state index >= 15 is 0 Å². The number of halogens is 2. The lowest BCUT2D eigenvalue weighted by Gasteiger charge is -2.21. The second-order valence-corrected chi connectivity index (χ2v) is 4.32. The van der Waals surface area contributed by atoms with Gasteiger partial charge in [0, 0.05) is 31.6 Å². The van der Waals surface area contributed by atoms with Gasteiger partial charge >= 0.3 is 0 Å². The van der Waals surface area contributed by atoms with Crippen LogP contribution in [0.15, 0.2) is 0 Å². The molecule has 0 rings (SSSR count). The van der Waals surface area contributed by atoms with Crippen molar-refractivity contribution in [1.29, 1.82) is 0 Å². The van der Waals surface area contributed by atoms with Crippen LogP contribution in [0.2, 0.25) is 0 Å². The highest BCUT2D eigenvalue weighted by atomic mass is 35.5. The van der Waals surface area contributed by atoms with Crippen LogP contribution < -0.4 is 10.6 Å². The van der Waals surface area contributed by atoms with Crippen LogP contribution in [-0.4, -0.2) is 50.6 Å². The van der Waals surface area contributed by atoms with E-state index in [9.17, 15) is 4.79 Å². The van der Waals surface area contributed by atoms with E-state index in [1.54, 1.807) is 0 Å². The van der Waals surface area contributed by atoms with Crippen molar-refractivity contribution in [1.82, 2.24) is 15.5 Å². The molecule has 0 fully saturated rings. The number of nitrogens with one attached hydrogen (secondary N) is 2. The van der Waals surface area contributed by atoms with E-state index in [2.05, 4.69) is 36.4 Å². The zero-order valence-electron chi connectivity index (χ0n) is 11.4. The fourth-order valence-electron chi connectivity index (χ4n) is 1.19. The monoisotopic (exact) mass is 287 g/mol. The molecule has 0 aromatic heterocycles. The molecule has 106 valence electrons. The summed E-state index contributed by atoms with van der Waals surface area (Å²) in [5, 5.41) is 5.93. The van der Waals surface area contributed by atoms with Crippen LogP contribution in [0.4, 0.5) is 0 Å². The van der Waals surface area contributed by atoms with Crippen LogP contribution >= 0.6 is 24.8 Å². The summed E-state index contributed by atoms with van der Waals surface area (Å²) in [4.78, 5) is 13.7. The van der Waals surface area contributed by atoms with Crippen molar-refractivity contribution in [3.63, 3.8) is 0 Å². The summed E-state index contributed by atoms with van der Waals surface area (Å²) < 4.78 is 0. The smallest absolute Gasteiger partial charge is 0.224 e. The van der Waals surface area contributed by atoms with Gasteiger partial charge in [-0.25, -0.2) is 0 Å². The summed E-state index contributed by atoms with van der Waals surface area (Å²) in [7, 11) is 3.92. The number of likely N-dealkylation sites (N-methyl/N-ethyl adjacent to an activating group) is 1. The van der Waals surface area contributed by atoms with Crippen molar-refractivity contribution in [2.24, 2.45) is 5.92 Å². The van der Waals surface area contributed by atoms with Gasteiger partial charge < -0.3 is 15.5 Å². The third kappa shape index (κ3) is 10.8. The fraction of sp³-hybridized carbons (Fsp3) is 0.909. The summed E-state index contributed by atoms with van der Waals surface area (Å²) in [5.41, 5.74) is 0. The van der Waals surface area contributed by atoms with Gasteiger partial charge in [0.2, 0.25) is 5.91 Å². The molecule has 1 amide bonds. The van der Waals surface area contributed by atoms with Crippen molar-refractivity contribution in [3.8, 4) is 0 Å². The first kappa shape index (κ1) is 22.2. The molecule has 1 unspecified atom stereocenters. The number of carbonyl (C=O) groups is 1. The van der Waals surface area contributed by atoms with E-state index in [4.69, 9.17) is 0 Å². The Balaban J connectivity index is -0.000000980. The highest BCUT2D eigenvalue weighted by molar-refractivity contribution is 5.85. The molecule has 2 N–H and O–H groups in total. The predicted octanol–water partition coefficient (Wildman–Crippen LogP) is 1.14. The molecule has 0 aliphatic rings. The molecule has 0 aliphatic carbocycles. The molecule has 0 saturated carbocycles. The summed E-state index contributed by atoms with van der Waals surface area (Å²) in [5.74, 6) is 0.167. The van der Waals surface area contributed by atoms with Gasteiger partial charge in [0.15, 0.2) is 0 Å². The standard InChI is InChI=1S/C11H25N3O.2ClH/c1-9(2)14(5)7-6-13-11(15)10(3)8-12-4;;/h9-10,12H,6-8H2,1-5H3,(H,13,15);2*1H. The lowest BCUT2D eigenvalue weighted by Crippen LogP contribution is -2.39. The minimum atomic E-state index is 0. The molecule has 4 nitrogen and oxygen atoms in total. The lowest BCUT2D eigenvalue weighted by atomic mass is 10.1. The van der Waals surface area contributed by atoms with Gasteiger partial charge in [0.05, 0.1) is 0 Å². The maximum Gasteiger partial charge on any atom is 0.224 e. The largest absolute Gasteiger partial charge is 0.355 e. The molecule has 6 heteroatoms. The Morgan fingerprint density at radius 3 is 2.18 bits per heavy atom. The van der Waals surface area contributed by atoms with E-state index in [0.717, 1.165) is 19.6 Å². The second kappa shape index (κ2) is 12.4. The lowest BCUT2D eigenvalue weighted by molar-refractivity contribution is -0.124. The molecule has 0 bridgehead atoms. The third-order valence-electron chi connectivity index (χ3n) is 2.60. The molecule has 0 radical (unpaired) electrons. The third-order valence-corrected chi connectivity index (χ3v) is 2.60. The summed E-state index contributed by atoms with van der Waals surface area (Å²) in [6.45, 7) is 8.57. The highest BCUT2D eigenvalue weighted by Crippen LogP contribution is 1.93. The molecule has 0 heterocycles. The van der Waals surface area contributed by atoms with Gasteiger partial charge in [-0.2, -0.15) is 0 Å². The van der Waals surface area contributed by atoms with Crippen LogP contribution in [0.25, 0.3) is 0 Å². The van der Waals surface area contributed by atoms with Gasteiger partial charge in [-0.1, -0.05) is 6.92 Å². The molecule has 17 heavy (non-hydrogen) atoms. The molecular formula is C11H27Cl2N3O. The van der Waals surface area contributed by atoms with E-state index < -0.39 is 0 Å². The Hall–Kier alpha value is -0.0300. The van der Waals surface area contributed by atoms with Crippen molar-refractivity contribution in [2.45, 2.75) is 26.8 Å². The van der Waals surface area contributed by atoms with Crippen molar-refractivity contribution < 1.29 is 4.79 Å². The van der Waals surface area contributed by atoms with E-state index in [1.807, 2.05) is 14.0 Å². The van der Waals surface area contributed by atoms with Gasteiger partial charge in [-0.15, -0.1) is 24.8 Å². The number of carbonyl (C=O) groups excluding carboxylic acids is 1. The van der Waals surface area contributed by atoms with Gasteiger partial charge in [-0.3, -0.25) is 4.79 Å². The van der Waals surface area contributed by atoms with Crippen molar-refractivity contribution >= 4 is 30.7 Å². The minimum absolute atomic E-state index is 0. The van der Waals surface area contributed by atoms with Crippen LogP contribution in [0, 0.1) is 5.92 Å². The molecular weight excluding hydrogens is 261 g/mol. The van der Waals surface area contributed by atoms with Gasteiger partial charge in [0.1, 0.15) is 0 Å². The SMILES string of the molecule is CNCC(C)C(=O)NCCN(C)C(C)C.Cl.Cl. The molecule has 0 aromatic rings. The maximum absolute atomic E-state index is 11.5. The first-order chi connectivity index (χ1) is 6.99. The number of amides is 1. The summed E-state index contributed by atoms with van der Waals surface area (Å²) >= 11 is 0. The minimum Gasteiger partial charge on any atom is -0.355 e. The van der Waals surface area contributed by atoms with Gasteiger partial charge in [0.25, 0.3) is 0 Å². The van der Waals surface area contributed by atoms with Crippen molar-refractivity contribution in [3.05, 3.63) is 0 Å². The number of hydrogen-bond donors (Lipinski definition) is 2. The van der Waals surface area contributed by atoms with Crippen LogP contribution in [0.5, 0.6) is 0 Å². The molecule has 0 spiro atoms. The number of hydrogen-bond acceptors (Lipinski definition) is 3. The maximum atomic E-state index is 11.5. The Kier molecular flexibility index (Phi) is 16.2. The molecule has 0 saturated heterocycles. The van der Waals surface area contributed by atoms with Crippen LogP contribution in [0.3, 0.4) is 0 Å². The average molecular weight is 288 g/mol. The number of rotatable bonds is 7. The van der Waals surface area contributed by atoms with E-state index in [-0.39, 0.29) is 36.6 Å². The number of nitrogens with zero attached hydrogens (tertiary/aromatic N) is 1. The zero-order valence-corrected chi connectivity index (χ0v) is 13.1. The normalized spacial score (nSPS) is 11.7.